The predicted molar refractivity (Wildman–Crippen MR) is 31.9 cm³/mol. The molecule has 0 fully saturated rings. The predicted octanol–water partition coefficient (Wildman–Crippen LogP) is 2.32. The molecule has 0 aromatic heterocycles. The number of rotatable bonds is 0. The van der Waals surface area contributed by atoms with Gasteiger partial charge >= 0.3 is 0 Å². The van der Waals surface area contributed by atoms with Crippen LogP contribution in [-0.2, 0) is 0 Å². The Balaban J connectivity index is 2.64. The molecule has 0 atom stereocenters. The van der Waals surface area contributed by atoms with Crippen molar-refractivity contribution >= 4 is 0 Å². The minimum atomic E-state index is 1.23. The first-order chi connectivity index (χ1) is 3.30. The molecular formula is C7H11. The third-order valence-electron chi connectivity index (χ3n) is 1.63. The van der Waals surface area contributed by atoms with Gasteiger partial charge in [0, 0.05) is 0 Å². The van der Waals surface area contributed by atoms with E-state index in [1.165, 1.54) is 12.8 Å². The van der Waals surface area contributed by atoms with E-state index in [0.717, 1.165) is 0 Å². The van der Waals surface area contributed by atoms with Crippen molar-refractivity contribution in [3.8, 4) is 0 Å². The lowest BCUT2D eigenvalue weighted by Gasteiger charge is -1.87. The molecule has 0 aromatic rings. The van der Waals surface area contributed by atoms with Gasteiger partial charge in [0.15, 0.2) is 0 Å². The minimum Gasteiger partial charge on any atom is -0.0741 e. The number of allylic oxidation sites excluding steroid dienone is 2. The highest BCUT2D eigenvalue weighted by Crippen LogP contribution is 2.22. The van der Waals surface area contributed by atoms with Gasteiger partial charge in [-0.05, 0) is 33.1 Å². The Morgan fingerprint density at radius 3 is 1.71 bits per heavy atom. The molecule has 0 unspecified atom stereocenters. The Kier molecular flexibility index (Phi) is 1.18. The van der Waals surface area contributed by atoms with Crippen LogP contribution in [0.4, 0.5) is 0 Å². The maximum atomic E-state index is 2.32. The summed E-state index contributed by atoms with van der Waals surface area (Å²) >= 11 is 0. The molecule has 1 rings (SSSR count). The summed E-state index contributed by atoms with van der Waals surface area (Å²) in [7, 11) is 0. The first-order valence-corrected chi connectivity index (χ1v) is 2.77. The van der Waals surface area contributed by atoms with Gasteiger partial charge in [-0.2, -0.15) is 0 Å². The zero-order valence-corrected chi connectivity index (χ0v) is 4.99. The zero-order chi connectivity index (χ0) is 5.28. The molecule has 0 bridgehead atoms. The lowest BCUT2D eigenvalue weighted by molar-refractivity contribution is 1.13. The molecule has 1 radical (unpaired) electrons. The summed E-state index contributed by atoms with van der Waals surface area (Å²) in [5, 5.41) is 0. The second-order valence-corrected chi connectivity index (χ2v) is 2.26. The highest BCUT2D eigenvalue weighted by atomic mass is 14.1. The van der Waals surface area contributed by atoms with Crippen molar-refractivity contribution in [1.82, 2.24) is 0 Å². The molecule has 0 spiro atoms. The van der Waals surface area contributed by atoms with E-state index < -0.39 is 0 Å². The normalized spacial score (nSPS) is 21.4. The minimum absolute atomic E-state index is 1.23. The van der Waals surface area contributed by atoms with E-state index in [2.05, 4.69) is 20.3 Å². The molecule has 0 nitrogen and oxygen atoms in total. The van der Waals surface area contributed by atoms with Crippen LogP contribution in [0.1, 0.15) is 26.7 Å². The maximum absolute atomic E-state index is 2.32. The van der Waals surface area contributed by atoms with Crippen LogP contribution in [0.15, 0.2) is 11.1 Å². The molecule has 1 aliphatic rings. The van der Waals surface area contributed by atoms with Gasteiger partial charge < -0.3 is 0 Å². The Morgan fingerprint density at radius 1 is 1.14 bits per heavy atom. The van der Waals surface area contributed by atoms with Crippen LogP contribution in [-0.4, -0.2) is 0 Å². The second-order valence-electron chi connectivity index (χ2n) is 2.26. The van der Waals surface area contributed by atoms with Gasteiger partial charge in [0.25, 0.3) is 0 Å². The van der Waals surface area contributed by atoms with Gasteiger partial charge in [-0.1, -0.05) is 11.1 Å². The molecule has 0 aromatic carbocycles. The summed E-state index contributed by atoms with van der Waals surface area (Å²) < 4.78 is 0. The van der Waals surface area contributed by atoms with E-state index in [1.807, 2.05) is 0 Å². The molecule has 7 heavy (non-hydrogen) atoms. The molecular weight excluding hydrogens is 84.1 g/mol. The Hall–Kier alpha value is -0.260. The summed E-state index contributed by atoms with van der Waals surface area (Å²) in [6, 6.07) is 0. The number of hydrogen-bond acceptors (Lipinski definition) is 0. The van der Waals surface area contributed by atoms with Crippen molar-refractivity contribution < 1.29 is 0 Å². The fourth-order valence-corrected chi connectivity index (χ4v) is 0.854. The van der Waals surface area contributed by atoms with E-state index in [9.17, 15) is 0 Å². The Labute approximate surface area is 45.2 Å². The summed E-state index contributed by atoms with van der Waals surface area (Å²) in [5.74, 6) is 0. The lowest BCUT2D eigenvalue weighted by Crippen LogP contribution is -1.66. The number of hydrogen-bond donors (Lipinski definition) is 0. The average Bonchev–Trinajstić information content (AvgIpc) is 1.91. The molecule has 0 saturated heterocycles. The topological polar surface area (TPSA) is 0 Å². The maximum Gasteiger partial charge on any atom is -0.0286 e. The van der Waals surface area contributed by atoms with Crippen LogP contribution in [0.3, 0.4) is 0 Å². The van der Waals surface area contributed by atoms with Crippen LogP contribution in [0.2, 0.25) is 0 Å². The molecule has 0 saturated carbocycles. The molecule has 0 heteroatoms. The fraction of sp³-hybridized carbons (Fsp3) is 0.571. The molecule has 0 N–H and O–H groups in total. The van der Waals surface area contributed by atoms with Crippen LogP contribution in [0.25, 0.3) is 0 Å². The molecule has 0 heterocycles. The molecule has 0 amide bonds. The molecule has 1 aliphatic carbocycles. The largest absolute Gasteiger partial charge is 0.0741 e. The van der Waals surface area contributed by atoms with Crippen LogP contribution < -0.4 is 0 Å². The first-order valence-electron chi connectivity index (χ1n) is 2.77. The highest BCUT2D eigenvalue weighted by molar-refractivity contribution is 5.20. The van der Waals surface area contributed by atoms with Crippen LogP contribution in [0, 0.1) is 6.42 Å². The zero-order valence-electron chi connectivity index (χ0n) is 4.99. The second kappa shape index (κ2) is 1.69. The van der Waals surface area contributed by atoms with Gasteiger partial charge in [-0.15, -0.1) is 0 Å². The van der Waals surface area contributed by atoms with Crippen molar-refractivity contribution in [2.45, 2.75) is 26.7 Å². The summed E-state index contributed by atoms with van der Waals surface area (Å²) in [6.45, 7) is 4.41. The van der Waals surface area contributed by atoms with E-state index >= 15 is 0 Å². The Bertz CT molecular complexity index is 86.6. The average molecular weight is 95.2 g/mol. The van der Waals surface area contributed by atoms with Crippen molar-refractivity contribution in [3.05, 3.63) is 17.6 Å². The quantitative estimate of drug-likeness (QED) is 0.405. The summed E-state index contributed by atoms with van der Waals surface area (Å²) in [5.41, 5.74) is 3.14. The summed E-state index contributed by atoms with van der Waals surface area (Å²) in [6.07, 6.45) is 4.78. The molecule has 39 valence electrons. The van der Waals surface area contributed by atoms with Crippen molar-refractivity contribution in [2.75, 3.05) is 0 Å². The Morgan fingerprint density at radius 2 is 1.57 bits per heavy atom. The van der Waals surface area contributed by atoms with Crippen molar-refractivity contribution in [2.24, 2.45) is 0 Å². The molecule has 0 aliphatic heterocycles. The van der Waals surface area contributed by atoms with E-state index in [1.54, 1.807) is 11.1 Å². The van der Waals surface area contributed by atoms with Gasteiger partial charge in [0.1, 0.15) is 0 Å². The van der Waals surface area contributed by atoms with E-state index in [0.29, 0.717) is 0 Å². The van der Waals surface area contributed by atoms with Gasteiger partial charge in [-0.3, -0.25) is 0 Å². The lowest BCUT2D eigenvalue weighted by atomic mass is 10.2. The first kappa shape index (κ1) is 4.89. The van der Waals surface area contributed by atoms with Crippen LogP contribution >= 0.6 is 0 Å². The third kappa shape index (κ3) is 0.846. The van der Waals surface area contributed by atoms with E-state index in [-0.39, 0.29) is 0 Å². The monoisotopic (exact) mass is 95.1 g/mol. The highest BCUT2D eigenvalue weighted by Gasteiger charge is 2.04. The summed E-state index contributed by atoms with van der Waals surface area (Å²) in [4.78, 5) is 0. The van der Waals surface area contributed by atoms with Gasteiger partial charge in [0.2, 0.25) is 0 Å². The van der Waals surface area contributed by atoms with Gasteiger partial charge in [-0.25, -0.2) is 0 Å². The van der Waals surface area contributed by atoms with E-state index in [4.69, 9.17) is 0 Å². The standard InChI is InChI=1S/C7H11/c1-6-4-3-5-7(6)2/h3H,4-5H2,1-2H3. The van der Waals surface area contributed by atoms with Crippen molar-refractivity contribution in [3.63, 3.8) is 0 Å². The SMILES string of the molecule is CC1=C(C)C[CH]C1. The third-order valence-corrected chi connectivity index (χ3v) is 1.63. The fourth-order valence-electron chi connectivity index (χ4n) is 0.854. The van der Waals surface area contributed by atoms with Crippen LogP contribution in [0.5, 0.6) is 0 Å². The smallest absolute Gasteiger partial charge is 0.0286 e. The van der Waals surface area contributed by atoms with Gasteiger partial charge in [0.05, 0.1) is 0 Å². The van der Waals surface area contributed by atoms with Crippen molar-refractivity contribution in [1.29, 1.82) is 0 Å².